The molecule has 1 fully saturated rings. The van der Waals surface area contributed by atoms with Crippen LogP contribution in [0.25, 0.3) is 0 Å². The minimum absolute atomic E-state index is 0.210. The van der Waals surface area contributed by atoms with Gasteiger partial charge in [-0.2, -0.15) is 0 Å². The van der Waals surface area contributed by atoms with Gasteiger partial charge in [-0.25, -0.2) is 4.39 Å². The third kappa shape index (κ3) is 2.35. The molecular formula is C13H17FO2. The second-order valence-corrected chi connectivity index (χ2v) is 4.64. The van der Waals surface area contributed by atoms with Crippen LogP contribution in [0.1, 0.15) is 30.4 Å². The summed E-state index contributed by atoms with van der Waals surface area (Å²) in [5.74, 6) is 0.502. The third-order valence-electron chi connectivity index (χ3n) is 3.25. The quantitative estimate of drug-likeness (QED) is 0.851. The number of hydrogen-bond acceptors (Lipinski definition) is 2. The first kappa shape index (κ1) is 11.4. The first-order valence-corrected chi connectivity index (χ1v) is 5.59. The van der Waals surface area contributed by atoms with Gasteiger partial charge in [0.25, 0.3) is 0 Å². The van der Waals surface area contributed by atoms with Crippen molar-refractivity contribution in [2.75, 3.05) is 7.11 Å². The van der Waals surface area contributed by atoms with Gasteiger partial charge in [0.1, 0.15) is 11.6 Å². The van der Waals surface area contributed by atoms with E-state index in [2.05, 4.69) is 0 Å². The van der Waals surface area contributed by atoms with Gasteiger partial charge in [0.2, 0.25) is 0 Å². The Morgan fingerprint density at radius 3 is 2.69 bits per heavy atom. The van der Waals surface area contributed by atoms with Gasteiger partial charge < -0.3 is 9.84 Å². The first-order valence-electron chi connectivity index (χ1n) is 5.59. The summed E-state index contributed by atoms with van der Waals surface area (Å²) in [5, 5.41) is 9.74. The Morgan fingerprint density at radius 2 is 2.12 bits per heavy atom. The Labute approximate surface area is 95.1 Å². The maximum absolute atomic E-state index is 13.4. The summed E-state index contributed by atoms with van der Waals surface area (Å²) in [6.07, 6.45) is 3.08. The predicted octanol–water partition coefficient (Wildman–Crippen LogP) is 2.60. The fourth-order valence-corrected chi connectivity index (χ4v) is 1.84. The number of rotatable bonds is 4. The fraction of sp³-hybridized carbons (Fsp3) is 0.538. The van der Waals surface area contributed by atoms with Crippen LogP contribution in [0.15, 0.2) is 12.1 Å². The van der Waals surface area contributed by atoms with Crippen LogP contribution in [0.5, 0.6) is 5.75 Å². The smallest absolute Gasteiger partial charge is 0.126 e. The molecule has 2 nitrogen and oxygen atoms in total. The highest BCUT2D eigenvalue weighted by Gasteiger charge is 2.39. The van der Waals surface area contributed by atoms with Gasteiger partial charge in [-0.15, -0.1) is 0 Å². The molecule has 1 aromatic carbocycles. The second-order valence-electron chi connectivity index (χ2n) is 4.64. The number of hydrogen-bond donors (Lipinski definition) is 1. The van der Waals surface area contributed by atoms with Crippen molar-refractivity contribution in [3.63, 3.8) is 0 Å². The maximum atomic E-state index is 13.4. The molecule has 0 aromatic heterocycles. The van der Waals surface area contributed by atoms with E-state index in [0.717, 1.165) is 18.4 Å². The summed E-state index contributed by atoms with van der Waals surface area (Å²) in [6.45, 7) is 1.72. The van der Waals surface area contributed by atoms with Crippen molar-refractivity contribution in [3.05, 3.63) is 29.1 Å². The number of aliphatic hydroxyl groups is 1. The van der Waals surface area contributed by atoms with Crippen molar-refractivity contribution in [1.82, 2.24) is 0 Å². The van der Waals surface area contributed by atoms with E-state index in [0.29, 0.717) is 24.2 Å². The number of halogens is 1. The van der Waals surface area contributed by atoms with Crippen molar-refractivity contribution >= 4 is 0 Å². The van der Waals surface area contributed by atoms with E-state index < -0.39 is 5.60 Å². The van der Waals surface area contributed by atoms with Crippen molar-refractivity contribution in [2.24, 2.45) is 0 Å². The van der Waals surface area contributed by atoms with E-state index >= 15 is 0 Å². The highest BCUT2D eigenvalue weighted by atomic mass is 19.1. The SMILES string of the molecule is COc1cc(C)c(F)cc1CCC1(O)CC1. The van der Waals surface area contributed by atoms with Crippen LogP contribution in [0.3, 0.4) is 0 Å². The average Bonchev–Trinajstić information content (AvgIpc) is 2.98. The number of aryl methyl sites for hydroxylation is 2. The molecule has 0 atom stereocenters. The molecule has 0 spiro atoms. The van der Waals surface area contributed by atoms with Gasteiger partial charge in [-0.1, -0.05) is 0 Å². The summed E-state index contributed by atoms with van der Waals surface area (Å²) in [4.78, 5) is 0. The van der Waals surface area contributed by atoms with E-state index in [1.165, 1.54) is 6.07 Å². The van der Waals surface area contributed by atoms with Crippen LogP contribution in [-0.4, -0.2) is 17.8 Å². The molecule has 16 heavy (non-hydrogen) atoms. The Balaban J connectivity index is 2.14. The standard InChI is InChI=1S/C13H17FO2/c1-9-7-12(16-2)10(8-11(9)14)3-4-13(15)5-6-13/h7-8,15H,3-6H2,1-2H3. The van der Waals surface area contributed by atoms with E-state index in [-0.39, 0.29) is 5.82 Å². The lowest BCUT2D eigenvalue weighted by Gasteiger charge is -2.12. The van der Waals surface area contributed by atoms with Crippen molar-refractivity contribution in [1.29, 1.82) is 0 Å². The minimum Gasteiger partial charge on any atom is -0.496 e. The molecule has 0 bridgehead atoms. The van der Waals surface area contributed by atoms with Crippen LogP contribution in [0.2, 0.25) is 0 Å². The first-order chi connectivity index (χ1) is 7.54. The van der Waals surface area contributed by atoms with Gasteiger partial charge >= 0.3 is 0 Å². The van der Waals surface area contributed by atoms with Gasteiger partial charge in [-0.3, -0.25) is 0 Å². The van der Waals surface area contributed by atoms with E-state index in [4.69, 9.17) is 4.74 Å². The van der Waals surface area contributed by atoms with Crippen molar-refractivity contribution < 1.29 is 14.2 Å². The molecule has 0 amide bonds. The molecule has 88 valence electrons. The molecule has 1 aliphatic rings. The summed E-state index contributed by atoms with van der Waals surface area (Å²) in [5.41, 5.74) is 0.934. The molecular weight excluding hydrogens is 207 g/mol. The molecule has 3 heteroatoms. The van der Waals surface area contributed by atoms with Crippen LogP contribution >= 0.6 is 0 Å². The zero-order valence-electron chi connectivity index (χ0n) is 9.72. The average molecular weight is 224 g/mol. The molecule has 0 heterocycles. The topological polar surface area (TPSA) is 29.5 Å². The number of benzene rings is 1. The second kappa shape index (κ2) is 4.06. The molecule has 0 radical (unpaired) electrons. The molecule has 1 aliphatic carbocycles. The van der Waals surface area contributed by atoms with Gasteiger partial charge in [0, 0.05) is 0 Å². The predicted molar refractivity (Wildman–Crippen MR) is 60.2 cm³/mol. The normalized spacial score (nSPS) is 17.2. The number of methoxy groups -OCH3 is 1. The lowest BCUT2D eigenvalue weighted by atomic mass is 10.0. The fourth-order valence-electron chi connectivity index (χ4n) is 1.84. The van der Waals surface area contributed by atoms with Crippen molar-refractivity contribution in [2.45, 2.75) is 38.2 Å². The zero-order valence-corrected chi connectivity index (χ0v) is 9.72. The van der Waals surface area contributed by atoms with E-state index in [9.17, 15) is 9.50 Å². The highest BCUT2D eigenvalue weighted by molar-refractivity contribution is 5.38. The summed E-state index contributed by atoms with van der Waals surface area (Å²) in [7, 11) is 1.59. The lowest BCUT2D eigenvalue weighted by Crippen LogP contribution is -2.08. The summed E-state index contributed by atoms with van der Waals surface area (Å²) in [6, 6.07) is 3.22. The number of ether oxygens (including phenoxy) is 1. The van der Waals surface area contributed by atoms with E-state index in [1.54, 1.807) is 20.1 Å². The Morgan fingerprint density at radius 1 is 1.44 bits per heavy atom. The Hall–Kier alpha value is -1.09. The highest BCUT2D eigenvalue weighted by Crippen LogP contribution is 2.40. The maximum Gasteiger partial charge on any atom is 0.126 e. The van der Waals surface area contributed by atoms with Crippen LogP contribution in [0, 0.1) is 12.7 Å². The third-order valence-corrected chi connectivity index (χ3v) is 3.25. The minimum atomic E-state index is -0.494. The zero-order chi connectivity index (χ0) is 11.8. The molecule has 1 saturated carbocycles. The monoisotopic (exact) mass is 224 g/mol. The Kier molecular flexibility index (Phi) is 2.89. The van der Waals surface area contributed by atoms with Gasteiger partial charge in [0.05, 0.1) is 12.7 Å². The van der Waals surface area contributed by atoms with Crippen molar-refractivity contribution in [3.8, 4) is 5.75 Å². The van der Waals surface area contributed by atoms with E-state index in [1.807, 2.05) is 0 Å². The Bertz CT molecular complexity index is 397. The van der Waals surface area contributed by atoms with Gasteiger partial charge in [-0.05, 0) is 55.9 Å². The molecule has 0 saturated heterocycles. The molecule has 1 aromatic rings. The van der Waals surface area contributed by atoms with Crippen LogP contribution < -0.4 is 4.74 Å². The van der Waals surface area contributed by atoms with Crippen LogP contribution in [0.4, 0.5) is 4.39 Å². The lowest BCUT2D eigenvalue weighted by molar-refractivity contribution is 0.140. The summed E-state index contributed by atoms with van der Waals surface area (Å²) >= 11 is 0. The molecule has 0 unspecified atom stereocenters. The molecule has 2 rings (SSSR count). The molecule has 1 N–H and O–H groups in total. The summed E-state index contributed by atoms with van der Waals surface area (Å²) < 4.78 is 18.6. The van der Waals surface area contributed by atoms with Crippen LogP contribution in [-0.2, 0) is 6.42 Å². The molecule has 0 aliphatic heterocycles. The largest absolute Gasteiger partial charge is 0.496 e. The van der Waals surface area contributed by atoms with Gasteiger partial charge in [0.15, 0.2) is 0 Å².